The van der Waals surface area contributed by atoms with Gasteiger partial charge in [0.2, 0.25) is 0 Å². The highest BCUT2D eigenvalue weighted by Crippen LogP contribution is 2.63. The molecular formula is C32H64O2. The zero-order valence-electron chi connectivity index (χ0n) is 24.0. The lowest BCUT2D eigenvalue weighted by atomic mass is 9.42. The molecule has 1 saturated carbocycles. The second-order valence-corrected chi connectivity index (χ2v) is 11.9. The Hall–Kier alpha value is -0.0800. The van der Waals surface area contributed by atoms with Crippen LogP contribution in [0.15, 0.2) is 0 Å². The summed E-state index contributed by atoms with van der Waals surface area (Å²) in [5.41, 5.74) is -0.462. The number of rotatable bonds is 24. The number of aliphatic hydroxyl groups is 2. The summed E-state index contributed by atoms with van der Waals surface area (Å²) < 4.78 is 0. The SMILES string of the molecule is CCCCCCCC1(CCCCCCC)C(O)C(CCCCCCC)(CCCCCCC)C1O. The lowest BCUT2D eigenvalue weighted by Crippen LogP contribution is -2.72. The van der Waals surface area contributed by atoms with Gasteiger partial charge >= 0.3 is 0 Å². The number of aliphatic hydroxyl groups excluding tert-OH is 2. The molecule has 0 unspecified atom stereocenters. The first-order valence-corrected chi connectivity index (χ1v) is 15.9. The molecule has 1 aliphatic carbocycles. The van der Waals surface area contributed by atoms with E-state index < -0.39 is 0 Å². The van der Waals surface area contributed by atoms with E-state index in [-0.39, 0.29) is 23.0 Å². The van der Waals surface area contributed by atoms with E-state index in [0.717, 1.165) is 25.7 Å². The van der Waals surface area contributed by atoms with Crippen LogP contribution in [0.3, 0.4) is 0 Å². The molecule has 0 radical (unpaired) electrons. The molecule has 0 heterocycles. The highest BCUT2D eigenvalue weighted by atomic mass is 16.3. The molecule has 2 nitrogen and oxygen atoms in total. The fourth-order valence-corrected chi connectivity index (χ4v) is 6.92. The standard InChI is InChI=1S/C32H64O2/c1-5-9-13-17-21-25-31(26-22-18-14-10-6-2)29(33)32(30(31)34,27-23-19-15-11-7-3)28-24-20-16-12-8-4/h29-30,33-34H,5-28H2,1-4H3. The molecule has 0 amide bonds. The van der Waals surface area contributed by atoms with Crippen LogP contribution in [0.5, 0.6) is 0 Å². The van der Waals surface area contributed by atoms with E-state index in [1.165, 1.54) is 128 Å². The van der Waals surface area contributed by atoms with Crippen molar-refractivity contribution in [1.82, 2.24) is 0 Å². The monoisotopic (exact) mass is 480 g/mol. The van der Waals surface area contributed by atoms with Gasteiger partial charge in [-0.25, -0.2) is 0 Å². The normalized spacial score (nSPS) is 21.0. The maximum Gasteiger partial charge on any atom is 0.0702 e. The predicted molar refractivity (Wildman–Crippen MR) is 150 cm³/mol. The Kier molecular flexibility index (Phi) is 17.9. The number of hydrogen-bond donors (Lipinski definition) is 2. The molecule has 0 atom stereocenters. The van der Waals surface area contributed by atoms with Crippen LogP contribution in [0.2, 0.25) is 0 Å². The largest absolute Gasteiger partial charge is 0.392 e. The molecule has 0 saturated heterocycles. The molecule has 2 N–H and O–H groups in total. The van der Waals surface area contributed by atoms with E-state index in [2.05, 4.69) is 27.7 Å². The second-order valence-electron chi connectivity index (χ2n) is 11.9. The Labute approximate surface area is 215 Å². The van der Waals surface area contributed by atoms with Gasteiger partial charge in [-0.1, -0.05) is 156 Å². The summed E-state index contributed by atoms with van der Waals surface area (Å²) in [6, 6.07) is 0. The van der Waals surface area contributed by atoms with E-state index in [4.69, 9.17) is 0 Å². The molecule has 0 spiro atoms. The highest BCUT2D eigenvalue weighted by molar-refractivity contribution is 5.17. The number of unbranched alkanes of at least 4 members (excludes halogenated alkanes) is 16. The van der Waals surface area contributed by atoms with Crippen LogP contribution < -0.4 is 0 Å². The molecule has 1 fully saturated rings. The molecular weight excluding hydrogens is 416 g/mol. The van der Waals surface area contributed by atoms with Crippen LogP contribution in [-0.2, 0) is 0 Å². The Morgan fingerprint density at radius 1 is 0.353 bits per heavy atom. The van der Waals surface area contributed by atoms with Crippen molar-refractivity contribution >= 4 is 0 Å². The molecule has 1 rings (SSSR count). The van der Waals surface area contributed by atoms with Gasteiger partial charge in [0.1, 0.15) is 0 Å². The Morgan fingerprint density at radius 3 is 0.765 bits per heavy atom. The van der Waals surface area contributed by atoms with E-state index in [0.29, 0.717) is 0 Å². The fourth-order valence-electron chi connectivity index (χ4n) is 6.92. The van der Waals surface area contributed by atoms with Gasteiger partial charge in [-0.15, -0.1) is 0 Å². The summed E-state index contributed by atoms with van der Waals surface area (Å²) in [6.45, 7) is 9.08. The third-order valence-electron chi connectivity index (χ3n) is 9.16. The van der Waals surface area contributed by atoms with Crippen molar-refractivity contribution < 1.29 is 10.2 Å². The van der Waals surface area contributed by atoms with Gasteiger partial charge in [0.15, 0.2) is 0 Å². The van der Waals surface area contributed by atoms with Crippen LogP contribution in [-0.4, -0.2) is 22.4 Å². The maximum absolute atomic E-state index is 11.9. The molecule has 204 valence electrons. The minimum atomic E-state index is -0.301. The second kappa shape index (κ2) is 19.1. The third kappa shape index (κ3) is 9.76. The summed E-state index contributed by atoms with van der Waals surface area (Å²) in [4.78, 5) is 0. The van der Waals surface area contributed by atoms with E-state index in [1.807, 2.05) is 0 Å². The zero-order valence-corrected chi connectivity index (χ0v) is 24.0. The quantitative estimate of drug-likeness (QED) is 0.135. The summed E-state index contributed by atoms with van der Waals surface area (Å²) >= 11 is 0. The van der Waals surface area contributed by atoms with E-state index >= 15 is 0 Å². The molecule has 2 heteroatoms. The van der Waals surface area contributed by atoms with Crippen molar-refractivity contribution in [1.29, 1.82) is 0 Å². The van der Waals surface area contributed by atoms with Crippen molar-refractivity contribution in [2.75, 3.05) is 0 Å². The molecule has 0 aromatic rings. The van der Waals surface area contributed by atoms with Gasteiger partial charge < -0.3 is 10.2 Å². The van der Waals surface area contributed by atoms with Crippen LogP contribution in [0, 0.1) is 10.8 Å². The van der Waals surface area contributed by atoms with Crippen LogP contribution >= 0.6 is 0 Å². The summed E-state index contributed by atoms with van der Waals surface area (Å²) in [5.74, 6) is 0. The minimum Gasteiger partial charge on any atom is -0.392 e. The predicted octanol–water partition coefficient (Wildman–Crippen LogP) is 10.1. The maximum atomic E-state index is 11.9. The first-order valence-electron chi connectivity index (χ1n) is 15.9. The van der Waals surface area contributed by atoms with Gasteiger partial charge in [-0.3, -0.25) is 0 Å². The van der Waals surface area contributed by atoms with Crippen molar-refractivity contribution in [3.8, 4) is 0 Å². The summed E-state index contributed by atoms with van der Waals surface area (Å²) in [6.07, 6.45) is 28.8. The minimum absolute atomic E-state index is 0.231. The summed E-state index contributed by atoms with van der Waals surface area (Å²) in [7, 11) is 0. The lowest BCUT2D eigenvalue weighted by Gasteiger charge is -2.66. The fraction of sp³-hybridized carbons (Fsp3) is 1.00. The van der Waals surface area contributed by atoms with E-state index in [9.17, 15) is 10.2 Å². The Bertz CT molecular complexity index is 378. The van der Waals surface area contributed by atoms with Crippen LogP contribution in [0.1, 0.15) is 182 Å². The van der Waals surface area contributed by atoms with Gasteiger partial charge in [0.25, 0.3) is 0 Å². The average molecular weight is 481 g/mol. The van der Waals surface area contributed by atoms with Crippen LogP contribution in [0.25, 0.3) is 0 Å². The topological polar surface area (TPSA) is 40.5 Å². The van der Waals surface area contributed by atoms with Gasteiger partial charge in [0.05, 0.1) is 12.2 Å². The van der Waals surface area contributed by atoms with Gasteiger partial charge in [-0.2, -0.15) is 0 Å². The molecule has 0 aliphatic heterocycles. The third-order valence-corrected chi connectivity index (χ3v) is 9.16. The van der Waals surface area contributed by atoms with Crippen molar-refractivity contribution in [3.63, 3.8) is 0 Å². The molecule has 34 heavy (non-hydrogen) atoms. The summed E-state index contributed by atoms with van der Waals surface area (Å²) in [5, 5.41) is 23.8. The van der Waals surface area contributed by atoms with Crippen molar-refractivity contribution in [3.05, 3.63) is 0 Å². The Balaban J connectivity index is 2.84. The zero-order chi connectivity index (χ0) is 25.1. The molecule has 0 bridgehead atoms. The smallest absolute Gasteiger partial charge is 0.0702 e. The van der Waals surface area contributed by atoms with Crippen LogP contribution in [0.4, 0.5) is 0 Å². The lowest BCUT2D eigenvalue weighted by molar-refractivity contribution is -0.290. The highest BCUT2D eigenvalue weighted by Gasteiger charge is 2.68. The van der Waals surface area contributed by atoms with Gasteiger partial charge in [-0.05, 0) is 25.7 Å². The molecule has 0 aromatic carbocycles. The first kappa shape index (κ1) is 31.9. The molecule has 1 aliphatic rings. The van der Waals surface area contributed by atoms with Crippen molar-refractivity contribution in [2.45, 2.75) is 194 Å². The average Bonchev–Trinajstić information content (AvgIpc) is 2.85. The van der Waals surface area contributed by atoms with Crippen molar-refractivity contribution in [2.24, 2.45) is 10.8 Å². The Morgan fingerprint density at radius 2 is 0.559 bits per heavy atom. The molecule has 0 aromatic heterocycles. The first-order chi connectivity index (χ1) is 16.6. The van der Waals surface area contributed by atoms with E-state index in [1.54, 1.807) is 0 Å². The number of hydrogen-bond acceptors (Lipinski definition) is 2. The van der Waals surface area contributed by atoms with Gasteiger partial charge in [0, 0.05) is 10.8 Å².